The Kier molecular flexibility index (Phi) is 5.03. The van der Waals surface area contributed by atoms with E-state index in [1.807, 2.05) is 30.0 Å². The lowest BCUT2D eigenvalue weighted by Crippen LogP contribution is -2.46. The first-order valence-corrected chi connectivity index (χ1v) is 8.05. The number of halogens is 2. The van der Waals surface area contributed by atoms with Crippen molar-refractivity contribution < 1.29 is 9.53 Å². The van der Waals surface area contributed by atoms with Gasteiger partial charge in [-0.2, -0.15) is 0 Å². The number of hydrogen-bond acceptors (Lipinski definition) is 2. The molecule has 1 heterocycles. The standard InChI is InChI=1S/C13H15BrINO2/c1-9-3-2-4-11(12(9)15)13(17)16-5-6-18-10(7-14)8-16/h2-4,10H,5-8H2,1H3. The summed E-state index contributed by atoms with van der Waals surface area (Å²) in [7, 11) is 0. The van der Waals surface area contributed by atoms with Crippen molar-refractivity contribution in [3.63, 3.8) is 0 Å². The molecule has 1 fully saturated rings. The fraction of sp³-hybridized carbons (Fsp3) is 0.462. The molecular formula is C13H15BrINO2. The van der Waals surface area contributed by atoms with Gasteiger partial charge in [0.1, 0.15) is 0 Å². The first kappa shape index (κ1) is 14.3. The third-order valence-electron chi connectivity index (χ3n) is 3.02. The highest BCUT2D eigenvalue weighted by Gasteiger charge is 2.25. The predicted octanol–water partition coefficient (Wildman–Crippen LogP) is 2.84. The van der Waals surface area contributed by atoms with Gasteiger partial charge in [0.25, 0.3) is 5.91 Å². The van der Waals surface area contributed by atoms with Crippen LogP contribution >= 0.6 is 38.5 Å². The molecule has 0 aromatic heterocycles. The Bertz CT molecular complexity index is 453. The first-order chi connectivity index (χ1) is 8.63. The summed E-state index contributed by atoms with van der Waals surface area (Å²) < 4.78 is 6.60. The van der Waals surface area contributed by atoms with E-state index in [9.17, 15) is 4.79 Å². The van der Waals surface area contributed by atoms with Crippen LogP contribution in [0, 0.1) is 10.5 Å². The van der Waals surface area contributed by atoms with Crippen LogP contribution in [-0.2, 0) is 4.74 Å². The van der Waals surface area contributed by atoms with Crippen molar-refractivity contribution in [2.45, 2.75) is 13.0 Å². The minimum absolute atomic E-state index is 0.102. The number of carbonyl (C=O) groups is 1. The number of morpholine rings is 1. The van der Waals surface area contributed by atoms with E-state index in [1.54, 1.807) is 0 Å². The molecule has 0 saturated carbocycles. The molecule has 5 heteroatoms. The summed E-state index contributed by atoms with van der Waals surface area (Å²) in [4.78, 5) is 14.4. The van der Waals surface area contributed by atoms with Crippen molar-refractivity contribution in [3.05, 3.63) is 32.9 Å². The van der Waals surface area contributed by atoms with Gasteiger partial charge in [-0.1, -0.05) is 28.1 Å². The second-order valence-electron chi connectivity index (χ2n) is 4.33. The quantitative estimate of drug-likeness (QED) is 0.540. The average molecular weight is 424 g/mol. The zero-order valence-electron chi connectivity index (χ0n) is 10.2. The molecule has 1 aromatic carbocycles. The van der Waals surface area contributed by atoms with Gasteiger partial charge in [0.15, 0.2) is 0 Å². The Balaban J connectivity index is 2.18. The van der Waals surface area contributed by atoms with E-state index in [4.69, 9.17) is 4.74 Å². The van der Waals surface area contributed by atoms with Crippen LogP contribution in [0.3, 0.4) is 0 Å². The van der Waals surface area contributed by atoms with Crippen molar-refractivity contribution in [1.29, 1.82) is 0 Å². The van der Waals surface area contributed by atoms with E-state index in [0.29, 0.717) is 19.7 Å². The van der Waals surface area contributed by atoms with E-state index in [1.165, 1.54) is 0 Å². The van der Waals surface area contributed by atoms with Crippen molar-refractivity contribution in [1.82, 2.24) is 4.90 Å². The molecule has 1 aromatic rings. The predicted molar refractivity (Wildman–Crippen MR) is 83.3 cm³/mol. The number of hydrogen-bond donors (Lipinski definition) is 0. The number of benzene rings is 1. The van der Waals surface area contributed by atoms with Gasteiger partial charge in [-0.3, -0.25) is 4.79 Å². The van der Waals surface area contributed by atoms with E-state index in [2.05, 4.69) is 38.5 Å². The van der Waals surface area contributed by atoms with Crippen molar-refractivity contribution in [2.75, 3.05) is 25.0 Å². The third kappa shape index (κ3) is 3.05. The smallest absolute Gasteiger partial charge is 0.255 e. The Hall–Kier alpha value is -0.140. The first-order valence-electron chi connectivity index (χ1n) is 5.85. The number of amides is 1. The zero-order chi connectivity index (χ0) is 13.1. The lowest BCUT2D eigenvalue weighted by molar-refractivity contribution is -0.00969. The van der Waals surface area contributed by atoms with Gasteiger partial charge in [0.05, 0.1) is 18.3 Å². The third-order valence-corrected chi connectivity index (χ3v) is 5.17. The molecular weight excluding hydrogens is 409 g/mol. The van der Waals surface area contributed by atoms with Gasteiger partial charge in [-0.05, 0) is 41.1 Å². The maximum atomic E-state index is 12.5. The number of ether oxygens (including phenoxy) is 1. The SMILES string of the molecule is Cc1cccc(C(=O)N2CCOC(CBr)C2)c1I. The maximum absolute atomic E-state index is 12.5. The lowest BCUT2D eigenvalue weighted by atomic mass is 10.1. The Labute approximate surface area is 129 Å². The topological polar surface area (TPSA) is 29.5 Å². The fourth-order valence-corrected chi connectivity index (χ4v) is 2.96. The van der Waals surface area contributed by atoms with Gasteiger partial charge in [-0.15, -0.1) is 0 Å². The molecule has 0 N–H and O–H groups in total. The number of nitrogens with zero attached hydrogens (tertiary/aromatic N) is 1. The Morgan fingerprint density at radius 1 is 1.61 bits per heavy atom. The lowest BCUT2D eigenvalue weighted by Gasteiger charge is -2.32. The highest BCUT2D eigenvalue weighted by Crippen LogP contribution is 2.20. The maximum Gasteiger partial charge on any atom is 0.255 e. The average Bonchev–Trinajstić information content (AvgIpc) is 2.41. The fourth-order valence-electron chi connectivity index (χ4n) is 1.98. The number of rotatable bonds is 2. The molecule has 3 nitrogen and oxygen atoms in total. The molecule has 0 bridgehead atoms. The Morgan fingerprint density at radius 2 is 2.39 bits per heavy atom. The molecule has 0 spiro atoms. The van der Waals surface area contributed by atoms with E-state index >= 15 is 0 Å². The normalized spacial score (nSPS) is 19.9. The van der Waals surface area contributed by atoms with Gasteiger partial charge in [0.2, 0.25) is 0 Å². The number of alkyl halides is 1. The highest BCUT2D eigenvalue weighted by molar-refractivity contribution is 14.1. The summed E-state index contributed by atoms with van der Waals surface area (Å²) in [6.07, 6.45) is 0.102. The van der Waals surface area contributed by atoms with Crippen LogP contribution < -0.4 is 0 Å². The number of aryl methyl sites for hydroxylation is 1. The molecule has 98 valence electrons. The zero-order valence-corrected chi connectivity index (χ0v) is 13.9. The van der Waals surface area contributed by atoms with Crippen molar-refractivity contribution in [2.24, 2.45) is 0 Å². The summed E-state index contributed by atoms with van der Waals surface area (Å²) in [6.45, 7) is 3.98. The van der Waals surface area contributed by atoms with Crippen LogP contribution in [0.15, 0.2) is 18.2 Å². The summed E-state index contributed by atoms with van der Waals surface area (Å²) in [5, 5.41) is 0.766. The summed E-state index contributed by atoms with van der Waals surface area (Å²) in [5.74, 6) is 0.109. The Morgan fingerprint density at radius 3 is 3.11 bits per heavy atom. The molecule has 2 rings (SSSR count). The molecule has 1 unspecified atom stereocenters. The van der Waals surface area contributed by atoms with Gasteiger partial charge in [0, 0.05) is 22.0 Å². The van der Waals surface area contributed by atoms with E-state index < -0.39 is 0 Å². The van der Waals surface area contributed by atoms with E-state index in [0.717, 1.165) is 20.0 Å². The van der Waals surface area contributed by atoms with Crippen LogP contribution in [0.2, 0.25) is 0 Å². The summed E-state index contributed by atoms with van der Waals surface area (Å²) in [5.41, 5.74) is 1.94. The molecule has 0 aliphatic carbocycles. The largest absolute Gasteiger partial charge is 0.374 e. The van der Waals surface area contributed by atoms with Crippen LogP contribution in [0.5, 0.6) is 0 Å². The minimum Gasteiger partial charge on any atom is -0.374 e. The second kappa shape index (κ2) is 6.34. The minimum atomic E-state index is 0.102. The van der Waals surface area contributed by atoms with Crippen LogP contribution in [0.25, 0.3) is 0 Å². The van der Waals surface area contributed by atoms with Gasteiger partial charge >= 0.3 is 0 Å². The summed E-state index contributed by atoms with van der Waals surface area (Å²) in [6, 6.07) is 5.86. The molecule has 1 atom stereocenters. The van der Waals surface area contributed by atoms with Crippen molar-refractivity contribution >= 4 is 44.4 Å². The second-order valence-corrected chi connectivity index (χ2v) is 6.06. The van der Waals surface area contributed by atoms with Gasteiger partial charge in [-0.25, -0.2) is 0 Å². The van der Waals surface area contributed by atoms with E-state index in [-0.39, 0.29) is 12.0 Å². The van der Waals surface area contributed by atoms with Crippen molar-refractivity contribution in [3.8, 4) is 0 Å². The highest BCUT2D eigenvalue weighted by atomic mass is 127. The van der Waals surface area contributed by atoms with Gasteiger partial charge < -0.3 is 9.64 Å². The number of carbonyl (C=O) groups excluding carboxylic acids is 1. The van der Waals surface area contributed by atoms with Crippen LogP contribution in [0.1, 0.15) is 15.9 Å². The van der Waals surface area contributed by atoms with Crippen LogP contribution in [0.4, 0.5) is 0 Å². The molecule has 0 radical (unpaired) electrons. The van der Waals surface area contributed by atoms with Crippen LogP contribution in [-0.4, -0.2) is 41.9 Å². The molecule has 1 saturated heterocycles. The molecule has 18 heavy (non-hydrogen) atoms. The molecule has 1 aliphatic rings. The molecule has 1 aliphatic heterocycles. The monoisotopic (exact) mass is 423 g/mol. The molecule has 1 amide bonds. The summed E-state index contributed by atoms with van der Waals surface area (Å²) >= 11 is 5.65.